The average molecular weight is 309 g/mol. The summed E-state index contributed by atoms with van der Waals surface area (Å²) < 4.78 is 2.66. The topological polar surface area (TPSA) is 66.7 Å². The Bertz CT molecular complexity index is 652. The molecule has 1 fully saturated rings. The predicted octanol–water partition coefficient (Wildman–Crippen LogP) is 1.54. The van der Waals surface area contributed by atoms with Gasteiger partial charge in [-0.25, -0.2) is 9.78 Å². The van der Waals surface area contributed by atoms with E-state index in [4.69, 9.17) is 0 Å². The lowest BCUT2D eigenvalue weighted by atomic mass is 10.2. The predicted molar refractivity (Wildman–Crippen MR) is 68.4 cm³/mol. The summed E-state index contributed by atoms with van der Waals surface area (Å²) in [5.74, 6) is -0.235. The van der Waals surface area contributed by atoms with Gasteiger partial charge in [0.2, 0.25) is 5.91 Å². The van der Waals surface area contributed by atoms with Crippen molar-refractivity contribution in [1.29, 1.82) is 0 Å². The van der Waals surface area contributed by atoms with Gasteiger partial charge in [0, 0.05) is 13.0 Å². The lowest BCUT2D eigenvalue weighted by Gasteiger charge is -2.26. The molecule has 0 bridgehead atoms. The molecule has 0 atom stereocenters. The number of rotatable bonds is 1. The van der Waals surface area contributed by atoms with Gasteiger partial charge in [-0.3, -0.25) is 19.4 Å². The molecule has 2 aromatic rings. The van der Waals surface area contributed by atoms with Crippen molar-refractivity contribution in [2.75, 3.05) is 11.4 Å². The molecule has 0 unspecified atom stereocenters. The molecule has 2 aromatic heterocycles. The molecule has 1 aliphatic heterocycles. The molecule has 0 spiro atoms. The molecule has 0 aliphatic carbocycles. The Morgan fingerprint density at radius 2 is 2.17 bits per heavy atom. The van der Waals surface area contributed by atoms with Gasteiger partial charge in [-0.15, -0.1) is 0 Å². The Morgan fingerprint density at radius 3 is 2.94 bits per heavy atom. The summed E-state index contributed by atoms with van der Waals surface area (Å²) >= 11 is 3.42. The van der Waals surface area contributed by atoms with Gasteiger partial charge >= 0.3 is 6.03 Å². The fourth-order valence-corrected chi connectivity index (χ4v) is 2.47. The van der Waals surface area contributed by atoms with E-state index in [0.717, 1.165) is 15.8 Å². The van der Waals surface area contributed by atoms with Crippen LogP contribution in [0.4, 0.5) is 10.5 Å². The average Bonchev–Trinajstić information content (AvgIpc) is 2.77. The molecule has 3 amide bonds. The van der Waals surface area contributed by atoms with Gasteiger partial charge in [-0.05, 0) is 28.1 Å². The Labute approximate surface area is 111 Å². The minimum absolute atomic E-state index is 0.235. The highest BCUT2D eigenvalue weighted by Gasteiger charge is 2.24. The van der Waals surface area contributed by atoms with E-state index in [9.17, 15) is 9.59 Å². The highest BCUT2D eigenvalue weighted by atomic mass is 79.9. The summed E-state index contributed by atoms with van der Waals surface area (Å²) in [5, 5.41) is 2.30. The first kappa shape index (κ1) is 11.2. The molecule has 1 aliphatic rings. The number of pyridine rings is 1. The highest BCUT2D eigenvalue weighted by molar-refractivity contribution is 9.10. The molecule has 3 heterocycles. The van der Waals surface area contributed by atoms with Crippen molar-refractivity contribution >= 4 is 39.1 Å². The number of nitrogens with zero attached hydrogens (tertiary/aromatic N) is 3. The van der Waals surface area contributed by atoms with Gasteiger partial charge in [0.1, 0.15) is 6.33 Å². The number of carbonyl (C=O) groups excluding carboxylic acids is 2. The van der Waals surface area contributed by atoms with E-state index in [0.29, 0.717) is 13.0 Å². The van der Waals surface area contributed by atoms with Crippen molar-refractivity contribution in [3.05, 3.63) is 29.3 Å². The summed E-state index contributed by atoms with van der Waals surface area (Å²) in [6.07, 6.45) is 3.71. The zero-order chi connectivity index (χ0) is 12.7. The summed E-state index contributed by atoms with van der Waals surface area (Å²) in [5.41, 5.74) is 1.61. The molecule has 3 rings (SSSR count). The number of hydrogen-bond donors (Lipinski definition) is 1. The summed E-state index contributed by atoms with van der Waals surface area (Å²) in [6, 6.07) is 3.29. The van der Waals surface area contributed by atoms with Crippen LogP contribution in [0.5, 0.6) is 0 Å². The van der Waals surface area contributed by atoms with Crippen molar-refractivity contribution in [1.82, 2.24) is 14.7 Å². The Hall–Kier alpha value is -1.89. The van der Waals surface area contributed by atoms with Crippen LogP contribution in [0.15, 0.2) is 29.3 Å². The molecule has 7 heteroatoms. The zero-order valence-corrected chi connectivity index (χ0v) is 10.8. The van der Waals surface area contributed by atoms with E-state index in [1.54, 1.807) is 17.4 Å². The van der Waals surface area contributed by atoms with Crippen molar-refractivity contribution in [3.63, 3.8) is 0 Å². The number of nitrogens with one attached hydrogen (secondary N) is 1. The lowest BCUT2D eigenvalue weighted by molar-refractivity contribution is -0.120. The standard InChI is InChI=1S/C11H9BrN4O2/c12-9-4-7(3-8-5-13-6-16(8)9)15-2-1-10(17)14-11(15)18/h3-6H,1-2H2,(H,14,17,18). The van der Waals surface area contributed by atoms with Crippen LogP contribution >= 0.6 is 15.9 Å². The largest absolute Gasteiger partial charge is 0.328 e. The first-order valence-electron chi connectivity index (χ1n) is 5.38. The molecular formula is C11H9BrN4O2. The van der Waals surface area contributed by atoms with Gasteiger partial charge in [0.15, 0.2) is 0 Å². The van der Waals surface area contributed by atoms with E-state index in [1.807, 2.05) is 16.5 Å². The SMILES string of the molecule is O=C1CCN(c2cc(Br)n3cncc3c2)C(=O)N1. The van der Waals surface area contributed by atoms with Crippen molar-refractivity contribution < 1.29 is 9.59 Å². The molecule has 1 N–H and O–H groups in total. The maximum atomic E-state index is 11.7. The van der Waals surface area contributed by atoms with E-state index in [-0.39, 0.29) is 11.9 Å². The smallest absolute Gasteiger partial charge is 0.293 e. The van der Waals surface area contributed by atoms with Crippen LogP contribution in [0.25, 0.3) is 5.52 Å². The van der Waals surface area contributed by atoms with Crippen LogP contribution in [0.3, 0.4) is 0 Å². The minimum Gasteiger partial charge on any atom is -0.293 e. The summed E-state index contributed by atoms with van der Waals surface area (Å²) in [4.78, 5) is 28.4. The fraction of sp³-hybridized carbons (Fsp3) is 0.182. The van der Waals surface area contributed by atoms with Crippen LogP contribution in [-0.4, -0.2) is 27.9 Å². The summed E-state index contributed by atoms with van der Waals surface area (Å²) in [7, 11) is 0. The van der Waals surface area contributed by atoms with E-state index in [1.165, 1.54) is 0 Å². The molecular weight excluding hydrogens is 300 g/mol. The molecule has 92 valence electrons. The number of carbonyl (C=O) groups is 2. The minimum atomic E-state index is -0.387. The van der Waals surface area contributed by atoms with E-state index < -0.39 is 0 Å². The number of urea groups is 1. The third kappa shape index (κ3) is 1.76. The van der Waals surface area contributed by atoms with Crippen LogP contribution in [0, 0.1) is 0 Å². The number of amides is 3. The molecule has 0 aromatic carbocycles. The number of fused-ring (bicyclic) bond motifs is 1. The second-order valence-corrected chi connectivity index (χ2v) is 4.79. The Morgan fingerprint density at radius 1 is 1.33 bits per heavy atom. The van der Waals surface area contributed by atoms with Gasteiger partial charge in [-0.1, -0.05) is 0 Å². The lowest BCUT2D eigenvalue weighted by Crippen LogP contribution is -2.49. The summed E-state index contributed by atoms with van der Waals surface area (Å²) in [6.45, 7) is 0.390. The normalized spacial score (nSPS) is 16.2. The van der Waals surface area contributed by atoms with Crippen LogP contribution in [-0.2, 0) is 4.79 Å². The molecule has 18 heavy (non-hydrogen) atoms. The van der Waals surface area contributed by atoms with Gasteiger partial charge in [0.25, 0.3) is 0 Å². The Balaban J connectivity index is 2.03. The number of halogens is 1. The van der Waals surface area contributed by atoms with E-state index in [2.05, 4.69) is 26.2 Å². The maximum absolute atomic E-state index is 11.7. The zero-order valence-electron chi connectivity index (χ0n) is 9.26. The third-order valence-corrected chi connectivity index (χ3v) is 3.44. The third-order valence-electron chi connectivity index (χ3n) is 2.83. The molecule has 0 radical (unpaired) electrons. The number of anilines is 1. The molecule has 1 saturated heterocycles. The highest BCUT2D eigenvalue weighted by Crippen LogP contribution is 2.24. The van der Waals surface area contributed by atoms with E-state index >= 15 is 0 Å². The quantitative estimate of drug-likeness (QED) is 0.813. The second-order valence-electron chi connectivity index (χ2n) is 3.98. The van der Waals surface area contributed by atoms with Crippen molar-refractivity contribution in [2.45, 2.75) is 6.42 Å². The molecule has 6 nitrogen and oxygen atoms in total. The first-order valence-corrected chi connectivity index (χ1v) is 6.17. The second kappa shape index (κ2) is 4.09. The van der Waals surface area contributed by atoms with Crippen LogP contribution in [0.2, 0.25) is 0 Å². The molecule has 0 saturated carbocycles. The fourth-order valence-electron chi connectivity index (χ4n) is 1.94. The first-order chi connectivity index (χ1) is 8.65. The van der Waals surface area contributed by atoms with Crippen molar-refractivity contribution in [3.8, 4) is 0 Å². The van der Waals surface area contributed by atoms with Crippen molar-refractivity contribution in [2.24, 2.45) is 0 Å². The number of aromatic nitrogens is 2. The maximum Gasteiger partial charge on any atom is 0.328 e. The number of imide groups is 1. The van der Waals surface area contributed by atoms with Gasteiger partial charge in [0.05, 0.1) is 22.0 Å². The Kier molecular flexibility index (Phi) is 2.55. The number of hydrogen-bond acceptors (Lipinski definition) is 3. The number of imidazole rings is 1. The van der Waals surface area contributed by atoms with Crippen LogP contribution < -0.4 is 10.2 Å². The van der Waals surface area contributed by atoms with Crippen LogP contribution in [0.1, 0.15) is 6.42 Å². The van der Waals surface area contributed by atoms with Gasteiger partial charge < -0.3 is 0 Å². The monoisotopic (exact) mass is 308 g/mol. The van der Waals surface area contributed by atoms with Gasteiger partial charge in [-0.2, -0.15) is 0 Å².